The van der Waals surface area contributed by atoms with Crippen LogP contribution in [0.5, 0.6) is 0 Å². The number of rotatable bonds is 33. The number of phosphoric ester groups is 1. The standard InChI is InChI=1S/C36H70NO8P/c1-6-8-10-12-14-16-17-18-19-20-21-23-25-27-29-36(39)45-34(33-44-46(40,41)43-31-30-37(3,4)5)32-42-35(38)28-26-24-22-15-13-11-9-7-2/h17-18,34H,6-16,19-33H2,1-5H3/b18-17-. The smallest absolute Gasteiger partial charge is 0.306 e. The van der Waals surface area contributed by atoms with Crippen LogP contribution >= 0.6 is 7.82 Å². The third-order valence-corrected chi connectivity index (χ3v) is 8.75. The van der Waals surface area contributed by atoms with Crippen molar-refractivity contribution in [1.29, 1.82) is 0 Å². The molecule has 0 aromatic carbocycles. The maximum Gasteiger partial charge on any atom is 0.306 e. The summed E-state index contributed by atoms with van der Waals surface area (Å²) in [5, 5.41) is 0. The third-order valence-electron chi connectivity index (χ3n) is 7.79. The molecule has 272 valence electrons. The quantitative estimate of drug-likeness (QED) is 0.0223. The molecule has 0 aliphatic carbocycles. The van der Waals surface area contributed by atoms with Crippen LogP contribution in [0.4, 0.5) is 0 Å². The summed E-state index contributed by atoms with van der Waals surface area (Å²) in [5.74, 6) is -0.848. The van der Waals surface area contributed by atoms with Crippen molar-refractivity contribution in [3.05, 3.63) is 12.2 Å². The Labute approximate surface area is 282 Å². The van der Waals surface area contributed by atoms with Gasteiger partial charge in [-0.05, 0) is 38.5 Å². The van der Waals surface area contributed by atoms with E-state index < -0.39 is 32.5 Å². The van der Waals surface area contributed by atoms with Crippen molar-refractivity contribution in [2.24, 2.45) is 0 Å². The first-order valence-electron chi connectivity index (χ1n) is 18.4. The molecule has 0 fully saturated rings. The molecule has 0 amide bonds. The third kappa shape index (κ3) is 32.7. The fourth-order valence-electron chi connectivity index (χ4n) is 4.82. The van der Waals surface area contributed by atoms with E-state index in [-0.39, 0.29) is 26.1 Å². The Morgan fingerprint density at radius 2 is 1.11 bits per heavy atom. The fraction of sp³-hybridized carbons (Fsp3) is 0.889. The average molecular weight is 676 g/mol. The summed E-state index contributed by atoms with van der Waals surface area (Å²) in [4.78, 5) is 37.1. The number of allylic oxidation sites excluding steroid dienone is 2. The molecule has 0 bridgehead atoms. The topological polar surface area (TPSA) is 111 Å². The van der Waals surface area contributed by atoms with Crippen LogP contribution in [0.1, 0.15) is 155 Å². The summed E-state index contributed by atoms with van der Waals surface area (Å²) < 4.78 is 33.6. The molecule has 0 heterocycles. The Balaban J connectivity index is 4.45. The summed E-state index contributed by atoms with van der Waals surface area (Å²) >= 11 is 0. The van der Waals surface area contributed by atoms with Crippen LogP contribution in [0.3, 0.4) is 0 Å². The number of ether oxygens (including phenoxy) is 2. The van der Waals surface area contributed by atoms with Gasteiger partial charge in [-0.25, -0.2) is 0 Å². The monoisotopic (exact) mass is 675 g/mol. The molecule has 0 spiro atoms. The zero-order chi connectivity index (χ0) is 34.4. The van der Waals surface area contributed by atoms with Gasteiger partial charge in [0.05, 0.1) is 27.7 Å². The van der Waals surface area contributed by atoms with Gasteiger partial charge in [0.1, 0.15) is 19.8 Å². The number of esters is 2. The van der Waals surface area contributed by atoms with E-state index in [0.717, 1.165) is 51.4 Å². The van der Waals surface area contributed by atoms with E-state index in [1.165, 1.54) is 70.6 Å². The predicted molar refractivity (Wildman–Crippen MR) is 185 cm³/mol. The molecule has 0 rings (SSSR count). The summed E-state index contributed by atoms with van der Waals surface area (Å²) in [7, 11) is 1.16. The first kappa shape index (κ1) is 44.8. The number of carbonyl (C=O) groups is 2. The highest BCUT2D eigenvalue weighted by Crippen LogP contribution is 2.38. The van der Waals surface area contributed by atoms with Crippen molar-refractivity contribution in [2.75, 3.05) is 47.5 Å². The molecule has 9 nitrogen and oxygen atoms in total. The van der Waals surface area contributed by atoms with Gasteiger partial charge in [0.15, 0.2) is 6.10 Å². The molecule has 0 aromatic heterocycles. The SMILES string of the molecule is CCCCCCC/C=C\CCCCCCCC(=O)OC(COC(=O)CCCCCCCCCC)COP(=O)([O-])OCC[N+](C)(C)C. The van der Waals surface area contributed by atoms with E-state index in [1.807, 2.05) is 21.1 Å². The lowest BCUT2D eigenvalue weighted by molar-refractivity contribution is -0.870. The minimum absolute atomic E-state index is 0.0300. The zero-order valence-corrected chi connectivity index (χ0v) is 31.2. The lowest BCUT2D eigenvalue weighted by Crippen LogP contribution is -2.37. The summed E-state index contributed by atoms with van der Waals surface area (Å²) in [6, 6.07) is 0. The first-order valence-corrected chi connectivity index (χ1v) is 19.9. The van der Waals surface area contributed by atoms with Crippen molar-refractivity contribution >= 4 is 19.8 Å². The summed E-state index contributed by atoms with van der Waals surface area (Å²) in [5.41, 5.74) is 0. The first-order chi connectivity index (χ1) is 22.0. The zero-order valence-electron chi connectivity index (χ0n) is 30.3. The minimum atomic E-state index is -4.61. The average Bonchev–Trinajstić information content (AvgIpc) is 2.99. The molecule has 2 unspecified atom stereocenters. The van der Waals surface area contributed by atoms with Gasteiger partial charge in [-0.1, -0.05) is 116 Å². The highest BCUT2D eigenvalue weighted by atomic mass is 31.2. The Kier molecular flexibility index (Phi) is 29.0. The van der Waals surface area contributed by atoms with Crippen molar-refractivity contribution in [3.63, 3.8) is 0 Å². The van der Waals surface area contributed by atoms with Crippen LogP contribution in [0.2, 0.25) is 0 Å². The van der Waals surface area contributed by atoms with E-state index in [0.29, 0.717) is 17.4 Å². The maximum absolute atomic E-state index is 12.6. The van der Waals surface area contributed by atoms with Crippen molar-refractivity contribution in [1.82, 2.24) is 0 Å². The normalized spacial score (nSPS) is 14.0. The van der Waals surface area contributed by atoms with Gasteiger partial charge < -0.3 is 27.9 Å². The van der Waals surface area contributed by atoms with Gasteiger partial charge in [0, 0.05) is 12.8 Å². The highest BCUT2D eigenvalue weighted by molar-refractivity contribution is 7.45. The molecule has 46 heavy (non-hydrogen) atoms. The number of phosphoric acid groups is 1. The summed E-state index contributed by atoms with van der Waals surface area (Å²) in [6.45, 7) is 4.16. The van der Waals surface area contributed by atoms with Crippen molar-refractivity contribution < 1.29 is 42.1 Å². The largest absolute Gasteiger partial charge is 0.756 e. The molecule has 2 atom stereocenters. The minimum Gasteiger partial charge on any atom is -0.756 e. The van der Waals surface area contributed by atoms with Crippen LogP contribution in [-0.4, -0.2) is 70.0 Å². The van der Waals surface area contributed by atoms with E-state index in [4.69, 9.17) is 18.5 Å². The Morgan fingerprint density at radius 1 is 0.652 bits per heavy atom. The molecule has 0 saturated heterocycles. The predicted octanol–water partition coefficient (Wildman–Crippen LogP) is 8.83. The van der Waals surface area contributed by atoms with Crippen LogP contribution in [0.15, 0.2) is 12.2 Å². The number of likely N-dealkylation sites (N-methyl/N-ethyl adjacent to an activating group) is 1. The second kappa shape index (κ2) is 29.9. The van der Waals surface area contributed by atoms with E-state index >= 15 is 0 Å². The van der Waals surface area contributed by atoms with Crippen molar-refractivity contribution in [2.45, 2.75) is 161 Å². The Morgan fingerprint density at radius 3 is 1.61 bits per heavy atom. The van der Waals surface area contributed by atoms with Gasteiger partial charge >= 0.3 is 11.9 Å². The van der Waals surface area contributed by atoms with Crippen LogP contribution in [0.25, 0.3) is 0 Å². The van der Waals surface area contributed by atoms with E-state index in [2.05, 4.69) is 26.0 Å². The second-order valence-electron chi connectivity index (χ2n) is 13.6. The van der Waals surface area contributed by atoms with Crippen LogP contribution in [0, 0.1) is 0 Å². The van der Waals surface area contributed by atoms with Gasteiger partial charge in [-0.3, -0.25) is 14.2 Å². The van der Waals surface area contributed by atoms with Gasteiger partial charge in [0.2, 0.25) is 0 Å². The number of hydrogen-bond donors (Lipinski definition) is 0. The number of nitrogens with zero attached hydrogens (tertiary/aromatic N) is 1. The Bertz CT molecular complexity index is 814. The van der Waals surface area contributed by atoms with Crippen LogP contribution < -0.4 is 4.89 Å². The van der Waals surface area contributed by atoms with Gasteiger partial charge in [0.25, 0.3) is 7.82 Å². The molecule has 10 heteroatoms. The number of quaternary nitrogens is 1. The molecular weight excluding hydrogens is 605 g/mol. The maximum atomic E-state index is 12.6. The molecule has 0 aliphatic rings. The fourth-order valence-corrected chi connectivity index (χ4v) is 5.55. The van der Waals surface area contributed by atoms with Gasteiger partial charge in [-0.15, -0.1) is 0 Å². The molecule has 0 radical (unpaired) electrons. The highest BCUT2D eigenvalue weighted by Gasteiger charge is 2.21. The van der Waals surface area contributed by atoms with Gasteiger partial charge in [-0.2, -0.15) is 0 Å². The molecule has 0 aromatic rings. The molecule has 0 aliphatic heterocycles. The van der Waals surface area contributed by atoms with Crippen LogP contribution in [-0.2, 0) is 32.7 Å². The lowest BCUT2D eigenvalue weighted by Gasteiger charge is -2.28. The Hall–Kier alpha value is -1.25. The molecule has 0 N–H and O–H groups in total. The van der Waals surface area contributed by atoms with E-state index in [9.17, 15) is 19.0 Å². The summed E-state index contributed by atoms with van der Waals surface area (Å²) in [6.07, 6.45) is 26.7. The number of unbranched alkanes of at least 4 members (excludes halogenated alkanes) is 17. The lowest BCUT2D eigenvalue weighted by atomic mass is 10.1. The number of carbonyl (C=O) groups excluding carboxylic acids is 2. The van der Waals surface area contributed by atoms with Crippen molar-refractivity contribution in [3.8, 4) is 0 Å². The van der Waals surface area contributed by atoms with E-state index in [1.54, 1.807) is 0 Å². The second-order valence-corrected chi connectivity index (χ2v) is 15.0. The number of hydrogen-bond acceptors (Lipinski definition) is 8. The molecule has 0 saturated carbocycles. The molecular formula is C36H70NO8P.